The second kappa shape index (κ2) is 8.32. The van der Waals surface area contributed by atoms with Gasteiger partial charge in [-0.25, -0.2) is 4.98 Å². The molecule has 154 valence electrons. The molecule has 2 aromatic heterocycles. The molecular formula is C21H21N5O4. The third-order valence-electron chi connectivity index (χ3n) is 4.80. The Morgan fingerprint density at radius 3 is 2.47 bits per heavy atom. The highest BCUT2D eigenvalue weighted by molar-refractivity contribution is 5.97. The Kier molecular flexibility index (Phi) is 5.42. The van der Waals surface area contributed by atoms with Crippen LogP contribution in [-0.2, 0) is 4.79 Å². The predicted octanol–water partition coefficient (Wildman–Crippen LogP) is 2.33. The third-order valence-corrected chi connectivity index (χ3v) is 4.80. The van der Waals surface area contributed by atoms with Gasteiger partial charge in [0.1, 0.15) is 11.6 Å². The largest absolute Gasteiger partial charge is 0.426 e. The van der Waals surface area contributed by atoms with Crippen molar-refractivity contribution in [3.8, 4) is 17.1 Å². The topological polar surface area (TPSA) is 102 Å². The number of hydrogen-bond donors (Lipinski definition) is 0. The average molecular weight is 407 g/mol. The summed E-state index contributed by atoms with van der Waals surface area (Å²) < 4.78 is 10.2. The fourth-order valence-corrected chi connectivity index (χ4v) is 3.32. The Balaban J connectivity index is 1.40. The minimum atomic E-state index is -0.453. The number of pyridine rings is 1. The molecule has 0 atom stereocenters. The van der Waals surface area contributed by atoms with Gasteiger partial charge in [0.2, 0.25) is 11.7 Å². The molecule has 0 unspecified atom stereocenters. The zero-order chi connectivity index (χ0) is 21.1. The maximum Gasteiger partial charge on any atom is 0.308 e. The van der Waals surface area contributed by atoms with Gasteiger partial charge in [0, 0.05) is 51.8 Å². The van der Waals surface area contributed by atoms with Gasteiger partial charge >= 0.3 is 5.97 Å². The van der Waals surface area contributed by atoms with Crippen LogP contribution in [0.4, 0.5) is 5.82 Å². The number of hydrogen-bond acceptors (Lipinski definition) is 8. The first kappa shape index (κ1) is 19.6. The average Bonchev–Trinajstić information content (AvgIpc) is 3.20. The summed E-state index contributed by atoms with van der Waals surface area (Å²) in [5.74, 6) is 1.52. The van der Waals surface area contributed by atoms with Gasteiger partial charge in [0.25, 0.3) is 5.91 Å². The smallest absolute Gasteiger partial charge is 0.308 e. The lowest BCUT2D eigenvalue weighted by molar-refractivity contribution is -0.131. The van der Waals surface area contributed by atoms with Gasteiger partial charge in [0.05, 0.1) is 5.56 Å². The van der Waals surface area contributed by atoms with Crippen LogP contribution in [0.1, 0.15) is 23.2 Å². The molecule has 1 aliphatic rings. The highest BCUT2D eigenvalue weighted by Gasteiger charge is 2.25. The van der Waals surface area contributed by atoms with Crippen molar-refractivity contribution in [1.29, 1.82) is 0 Å². The summed E-state index contributed by atoms with van der Waals surface area (Å²) in [5.41, 5.74) is 1.17. The molecule has 0 spiro atoms. The fraction of sp³-hybridized carbons (Fsp3) is 0.286. The summed E-state index contributed by atoms with van der Waals surface area (Å²) in [4.78, 5) is 36.8. The van der Waals surface area contributed by atoms with E-state index in [0.29, 0.717) is 43.5 Å². The lowest BCUT2D eigenvalue weighted by Crippen LogP contribution is -2.49. The summed E-state index contributed by atoms with van der Waals surface area (Å²) >= 11 is 0. The Morgan fingerprint density at radius 2 is 1.83 bits per heavy atom. The van der Waals surface area contributed by atoms with Gasteiger partial charge in [-0.15, -0.1) is 0 Å². The molecule has 30 heavy (non-hydrogen) atoms. The summed E-state index contributed by atoms with van der Waals surface area (Å²) in [7, 11) is 0. The van der Waals surface area contributed by atoms with Crippen molar-refractivity contribution in [2.24, 2.45) is 0 Å². The van der Waals surface area contributed by atoms with E-state index >= 15 is 0 Å². The number of amides is 1. The summed E-state index contributed by atoms with van der Waals surface area (Å²) in [5, 5.41) is 3.90. The van der Waals surface area contributed by atoms with Crippen LogP contribution in [0.3, 0.4) is 0 Å². The zero-order valence-electron chi connectivity index (χ0n) is 16.7. The molecule has 1 fully saturated rings. The fourth-order valence-electron chi connectivity index (χ4n) is 3.32. The highest BCUT2D eigenvalue weighted by atomic mass is 16.5. The second-order valence-electron chi connectivity index (χ2n) is 6.91. The molecule has 0 bridgehead atoms. The van der Waals surface area contributed by atoms with Crippen molar-refractivity contribution in [3.05, 3.63) is 54.0 Å². The van der Waals surface area contributed by atoms with E-state index < -0.39 is 5.97 Å². The molecule has 3 aromatic rings. The number of carbonyl (C=O) groups is 2. The van der Waals surface area contributed by atoms with Gasteiger partial charge < -0.3 is 19.1 Å². The molecule has 3 heterocycles. The molecule has 1 saturated heterocycles. The molecule has 0 N–H and O–H groups in total. The first-order valence-electron chi connectivity index (χ1n) is 9.59. The number of nitrogens with zero attached hydrogens (tertiary/aromatic N) is 5. The predicted molar refractivity (Wildman–Crippen MR) is 108 cm³/mol. The van der Waals surface area contributed by atoms with Crippen LogP contribution in [-0.4, -0.2) is 58.1 Å². The number of aryl methyl sites for hydroxylation is 1. The van der Waals surface area contributed by atoms with Gasteiger partial charge in [-0.1, -0.05) is 17.3 Å². The van der Waals surface area contributed by atoms with Gasteiger partial charge in [0.15, 0.2) is 0 Å². The first-order valence-corrected chi connectivity index (χ1v) is 9.59. The van der Waals surface area contributed by atoms with Crippen molar-refractivity contribution in [2.45, 2.75) is 13.8 Å². The molecule has 9 heteroatoms. The van der Waals surface area contributed by atoms with E-state index in [1.807, 2.05) is 12.1 Å². The first-order chi connectivity index (χ1) is 14.5. The molecule has 9 nitrogen and oxygen atoms in total. The quantitative estimate of drug-likeness (QED) is 0.480. The Hall–Kier alpha value is -3.75. The Morgan fingerprint density at radius 1 is 1.07 bits per heavy atom. The standard InChI is InChI=1S/C21H21N5O4/c1-14-23-20(24-30-14)16-7-8-19(22-13-16)25-9-11-26(12-10-25)21(28)17-5-3-4-6-18(17)29-15(2)27/h3-8,13H,9-12H2,1-2H3. The number of aromatic nitrogens is 3. The van der Waals surface area contributed by atoms with Crippen molar-refractivity contribution in [2.75, 3.05) is 31.1 Å². The van der Waals surface area contributed by atoms with Crippen molar-refractivity contribution >= 4 is 17.7 Å². The second-order valence-corrected chi connectivity index (χ2v) is 6.91. The molecule has 0 aliphatic carbocycles. The number of piperazine rings is 1. The number of rotatable bonds is 4. The molecule has 1 aliphatic heterocycles. The van der Waals surface area contributed by atoms with E-state index in [4.69, 9.17) is 9.26 Å². The monoisotopic (exact) mass is 407 g/mol. The van der Waals surface area contributed by atoms with Gasteiger partial charge in [-0.2, -0.15) is 4.98 Å². The molecular weight excluding hydrogens is 386 g/mol. The normalized spacial score (nSPS) is 13.9. The minimum absolute atomic E-state index is 0.151. The van der Waals surface area contributed by atoms with E-state index in [1.165, 1.54) is 6.92 Å². The van der Waals surface area contributed by atoms with Crippen LogP contribution in [0.25, 0.3) is 11.4 Å². The van der Waals surface area contributed by atoms with Gasteiger partial charge in [-0.3, -0.25) is 9.59 Å². The lowest BCUT2D eigenvalue weighted by atomic mass is 10.1. The van der Waals surface area contributed by atoms with Crippen LogP contribution >= 0.6 is 0 Å². The van der Waals surface area contributed by atoms with E-state index in [1.54, 1.807) is 42.3 Å². The highest BCUT2D eigenvalue weighted by Crippen LogP contribution is 2.23. The van der Waals surface area contributed by atoms with Crippen molar-refractivity contribution in [1.82, 2.24) is 20.0 Å². The number of para-hydroxylation sites is 1. The molecule has 4 rings (SSSR count). The number of benzene rings is 1. The Bertz CT molecular complexity index is 1060. The summed E-state index contributed by atoms with van der Waals surface area (Å²) in [6.07, 6.45) is 1.71. The maximum absolute atomic E-state index is 12.9. The van der Waals surface area contributed by atoms with E-state index in [-0.39, 0.29) is 11.7 Å². The zero-order valence-corrected chi connectivity index (χ0v) is 16.7. The Labute approximate surface area is 173 Å². The van der Waals surface area contributed by atoms with Crippen LogP contribution in [0.2, 0.25) is 0 Å². The third kappa shape index (κ3) is 4.14. The lowest BCUT2D eigenvalue weighted by Gasteiger charge is -2.35. The number of anilines is 1. The van der Waals surface area contributed by atoms with E-state index in [0.717, 1.165) is 11.4 Å². The number of ether oxygens (including phenoxy) is 1. The molecule has 0 radical (unpaired) electrons. The van der Waals surface area contributed by atoms with E-state index in [2.05, 4.69) is 20.0 Å². The number of carbonyl (C=O) groups excluding carboxylic acids is 2. The molecule has 0 saturated carbocycles. The number of esters is 1. The van der Waals surface area contributed by atoms with Crippen LogP contribution in [0.5, 0.6) is 5.75 Å². The SMILES string of the molecule is CC(=O)Oc1ccccc1C(=O)N1CCN(c2ccc(-c3noc(C)n3)cn2)CC1. The van der Waals surface area contributed by atoms with Crippen molar-refractivity contribution < 1.29 is 18.8 Å². The molecule has 1 amide bonds. The van der Waals surface area contributed by atoms with Crippen molar-refractivity contribution in [3.63, 3.8) is 0 Å². The van der Waals surface area contributed by atoms with Crippen LogP contribution in [0, 0.1) is 6.92 Å². The maximum atomic E-state index is 12.9. The van der Waals surface area contributed by atoms with Gasteiger partial charge in [-0.05, 0) is 24.3 Å². The summed E-state index contributed by atoms with van der Waals surface area (Å²) in [6, 6.07) is 10.6. The molecule has 1 aromatic carbocycles. The summed E-state index contributed by atoms with van der Waals surface area (Å²) in [6.45, 7) is 5.44. The van der Waals surface area contributed by atoms with Crippen LogP contribution < -0.4 is 9.64 Å². The van der Waals surface area contributed by atoms with E-state index in [9.17, 15) is 9.59 Å². The minimum Gasteiger partial charge on any atom is -0.426 e. The van der Waals surface area contributed by atoms with Crippen LogP contribution in [0.15, 0.2) is 47.1 Å².